The van der Waals surface area contributed by atoms with E-state index >= 15 is 0 Å². The second-order valence-electron chi connectivity index (χ2n) is 4.99. The Balaban J connectivity index is 3.44. The number of aryl methyl sites for hydroxylation is 2. The molecule has 1 atom stereocenters. The van der Waals surface area contributed by atoms with Crippen LogP contribution in [-0.4, -0.2) is 28.9 Å². The Labute approximate surface area is 114 Å². The average Bonchev–Trinajstić information content (AvgIpc) is 2.37. The molecule has 19 heavy (non-hydrogen) atoms. The number of carboxylic acid groups (broad SMARTS) is 1. The van der Waals surface area contributed by atoms with Gasteiger partial charge in [0.1, 0.15) is 0 Å². The van der Waals surface area contributed by atoms with Gasteiger partial charge in [-0.25, -0.2) is 4.79 Å². The predicted octanol–water partition coefficient (Wildman–Crippen LogP) is 2.47. The Bertz CT molecular complexity index is 484. The van der Waals surface area contributed by atoms with Crippen molar-refractivity contribution in [3.8, 4) is 0 Å². The van der Waals surface area contributed by atoms with Crippen LogP contribution >= 0.6 is 0 Å². The fraction of sp³-hybridized carbons (Fsp3) is 0.467. The molecular weight excluding hydrogens is 242 g/mol. The van der Waals surface area contributed by atoms with E-state index in [4.69, 9.17) is 0 Å². The molecule has 0 saturated heterocycles. The number of carbonyl (C=O) groups excluding carboxylic acids is 1. The van der Waals surface area contributed by atoms with Crippen molar-refractivity contribution in [2.45, 2.75) is 39.7 Å². The molecule has 0 aliphatic rings. The summed E-state index contributed by atoms with van der Waals surface area (Å²) in [6, 6.07) is 5.67. The van der Waals surface area contributed by atoms with Crippen molar-refractivity contribution in [2.24, 2.45) is 0 Å². The molecule has 1 aromatic carbocycles. The van der Waals surface area contributed by atoms with Crippen molar-refractivity contribution in [2.75, 3.05) is 6.54 Å². The third-order valence-electron chi connectivity index (χ3n) is 3.50. The molecule has 1 rings (SSSR count). The summed E-state index contributed by atoms with van der Waals surface area (Å²) in [5.74, 6) is -1.01. The van der Waals surface area contributed by atoms with E-state index in [2.05, 4.69) is 0 Å². The molecule has 0 fully saturated rings. The first-order valence-electron chi connectivity index (χ1n) is 6.41. The standard InChI is InChI=1S/C15H21NO3/c1-5-8-16(10-17)15(4,14(18)19)13-9-11(2)6-7-12(13)3/h6-7,9-10H,5,8H2,1-4H3,(H,18,19). The van der Waals surface area contributed by atoms with Crippen molar-refractivity contribution in [1.82, 2.24) is 4.90 Å². The minimum Gasteiger partial charge on any atom is -0.479 e. The number of hydrogen-bond donors (Lipinski definition) is 1. The summed E-state index contributed by atoms with van der Waals surface area (Å²) in [5.41, 5.74) is 1.20. The van der Waals surface area contributed by atoms with Crippen molar-refractivity contribution < 1.29 is 14.7 Å². The minimum absolute atomic E-state index is 0.416. The van der Waals surface area contributed by atoms with Crippen LogP contribution in [0, 0.1) is 13.8 Å². The van der Waals surface area contributed by atoms with Crippen LogP contribution < -0.4 is 0 Å². The Morgan fingerprint density at radius 2 is 2.05 bits per heavy atom. The maximum absolute atomic E-state index is 11.8. The number of carboxylic acids is 1. The van der Waals surface area contributed by atoms with E-state index in [1.54, 1.807) is 6.92 Å². The molecule has 1 aromatic rings. The van der Waals surface area contributed by atoms with Crippen LogP contribution in [-0.2, 0) is 15.1 Å². The number of rotatable bonds is 6. The van der Waals surface area contributed by atoms with Gasteiger partial charge in [0, 0.05) is 6.54 Å². The van der Waals surface area contributed by atoms with E-state index in [0.717, 1.165) is 11.1 Å². The van der Waals surface area contributed by atoms with Crippen LogP contribution in [0.3, 0.4) is 0 Å². The van der Waals surface area contributed by atoms with Gasteiger partial charge in [-0.2, -0.15) is 0 Å². The normalized spacial score (nSPS) is 13.7. The molecule has 0 saturated carbocycles. The number of amides is 1. The van der Waals surface area contributed by atoms with Gasteiger partial charge in [0.25, 0.3) is 0 Å². The fourth-order valence-electron chi connectivity index (χ4n) is 2.28. The van der Waals surface area contributed by atoms with Gasteiger partial charge in [-0.15, -0.1) is 0 Å². The second kappa shape index (κ2) is 5.87. The molecule has 1 unspecified atom stereocenters. The predicted molar refractivity (Wildman–Crippen MR) is 74.0 cm³/mol. The molecule has 4 heteroatoms. The van der Waals surface area contributed by atoms with Crippen LogP contribution in [0.25, 0.3) is 0 Å². The lowest BCUT2D eigenvalue weighted by molar-refractivity contribution is -0.155. The highest BCUT2D eigenvalue weighted by atomic mass is 16.4. The summed E-state index contributed by atoms with van der Waals surface area (Å²) in [4.78, 5) is 24.4. The van der Waals surface area contributed by atoms with E-state index in [1.807, 2.05) is 39.0 Å². The summed E-state index contributed by atoms with van der Waals surface area (Å²) >= 11 is 0. The molecule has 0 heterocycles. The molecule has 1 amide bonds. The summed E-state index contributed by atoms with van der Waals surface area (Å²) < 4.78 is 0. The van der Waals surface area contributed by atoms with Gasteiger partial charge in [0.15, 0.2) is 5.54 Å². The van der Waals surface area contributed by atoms with Gasteiger partial charge < -0.3 is 10.0 Å². The average molecular weight is 263 g/mol. The first-order valence-corrected chi connectivity index (χ1v) is 6.41. The van der Waals surface area contributed by atoms with Gasteiger partial charge in [-0.3, -0.25) is 4.79 Å². The monoisotopic (exact) mass is 263 g/mol. The third-order valence-corrected chi connectivity index (χ3v) is 3.50. The number of nitrogens with zero attached hydrogens (tertiary/aromatic N) is 1. The van der Waals surface area contributed by atoms with Gasteiger partial charge in [-0.05, 0) is 38.3 Å². The Hall–Kier alpha value is -1.84. The zero-order chi connectivity index (χ0) is 14.6. The van der Waals surface area contributed by atoms with Crippen molar-refractivity contribution >= 4 is 12.4 Å². The number of carbonyl (C=O) groups is 2. The largest absolute Gasteiger partial charge is 0.479 e. The van der Waals surface area contributed by atoms with Crippen LogP contribution in [0.1, 0.15) is 37.0 Å². The highest BCUT2D eigenvalue weighted by Crippen LogP contribution is 2.31. The number of aliphatic carboxylic acids is 1. The lowest BCUT2D eigenvalue weighted by Crippen LogP contribution is -2.50. The molecule has 104 valence electrons. The van der Waals surface area contributed by atoms with E-state index in [-0.39, 0.29) is 0 Å². The Kier molecular flexibility index (Phi) is 4.70. The summed E-state index contributed by atoms with van der Waals surface area (Å²) in [7, 11) is 0. The third kappa shape index (κ3) is 2.78. The van der Waals surface area contributed by atoms with Gasteiger partial charge in [0.2, 0.25) is 6.41 Å². The molecule has 0 bridgehead atoms. The first kappa shape index (κ1) is 15.2. The van der Waals surface area contributed by atoms with Gasteiger partial charge in [-0.1, -0.05) is 30.7 Å². The summed E-state index contributed by atoms with van der Waals surface area (Å²) in [5, 5.41) is 9.63. The number of hydrogen-bond acceptors (Lipinski definition) is 2. The first-order chi connectivity index (χ1) is 8.87. The van der Waals surface area contributed by atoms with Crippen LogP contribution in [0.5, 0.6) is 0 Å². The molecule has 1 N–H and O–H groups in total. The van der Waals surface area contributed by atoms with E-state index in [0.29, 0.717) is 24.9 Å². The van der Waals surface area contributed by atoms with E-state index in [9.17, 15) is 14.7 Å². The topological polar surface area (TPSA) is 57.6 Å². The van der Waals surface area contributed by atoms with Crippen molar-refractivity contribution in [1.29, 1.82) is 0 Å². The highest BCUT2D eigenvalue weighted by molar-refractivity contribution is 5.83. The summed E-state index contributed by atoms with van der Waals surface area (Å²) in [6.07, 6.45) is 1.34. The lowest BCUT2D eigenvalue weighted by Gasteiger charge is -2.36. The smallest absolute Gasteiger partial charge is 0.334 e. The van der Waals surface area contributed by atoms with Crippen LogP contribution in [0.2, 0.25) is 0 Å². The Morgan fingerprint density at radius 1 is 1.42 bits per heavy atom. The van der Waals surface area contributed by atoms with Crippen LogP contribution in [0.4, 0.5) is 0 Å². The fourth-order valence-corrected chi connectivity index (χ4v) is 2.28. The molecule has 0 spiro atoms. The molecule has 0 aromatic heterocycles. The van der Waals surface area contributed by atoms with E-state index < -0.39 is 11.5 Å². The minimum atomic E-state index is -1.33. The SMILES string of the molecule is CCCN(C=O)C(C)(C(=O)O)c1cc(C)ccc1C. The lowest BCUT2D eigenvalue weighted by atomic mass is 9.86. The molecule has 0 aliphatic carbocycles. The molecular formula is C15H21NO3. The zero-order valence-corrected chi connectivity index (χ0v) is 11.9. The highest BCUT2D eigenvalue weighted by Gasteiger charge is 2.41. The second-order valence-corrected chi connectivity index (χ2v) is 4.99. The van der Waals surface area contributed by atoms with Crippen molar-refractivity contribution in [3.63, 3.8) is 0 Å². The van der Waals surface area contributed by atoms with Crippen LogP contribution in [0.15, 0.2) is 18.2 Å². The molecule has 4 nitrogen and oxygen atoms in total. The number of benzene rings is 1. The maximum Gasteiger partial charge on any atom is 0.334 e. The quantitative estimate of drug-likeness (QED) is 0.802. The zero-order valence-electron chi connectivity index (χ0n) is 11.9. The van der Waals surface area contributed by atoms with Gasteiger partial charge >= 0.3 is 5.97 Å². The molecule has 0 aliphatic heterocycles. The Morgan fingerprint density at radius 3 is 2.53 bits per heavy atom. The van der Waals surface area contributed by atoms with Gasteiger partial charge in [0.05, 0.1) is 0 Å². The summed E-state index contributed by atoms with van der Waals surface area (Å²) in [6.45, 7) is 7.70. The van der Waals surface area contributed by atoms with Crippen molar-refractivity contribution in [3.05, 3.63) is 34.9 Å². The molecule has 0 radical (unpaired) electrons. The maximum atomic E-state index is 11.8. The van der Waals surface area contributed by atoms with E-state index in [1.165, 1.54) is 4.90 Å².